The Hall–Kier alpha value is -2.50. The van der Waals surface area contributed by atoms with Crippen molar-refractivity contribution in [1.82, 2.24) is 4.98 Å². The molecular formula is C14H14FN3O2. The van der Waals surface area contributed by atoms with Crippen LogP contribution >= 0.6 is 0 Å². The van der Waals surface area contributed by atoms with Crippen LogP contribution in [0, 0.1) is 22.9 Å². The highest BCUT2D eigenvalue weighted by Crippen LogP contribution is 2.21. The fraction of sp³-hybridized carbons (Fsp3) is 0.214. The molecule has 0 spiro atoms. The largest absolute Gasteiger partial charge is 0.364 e. The van der Waals surface area contributed by atoms with E-state index in [1.807, 2.05) is 0 Å². The zero-order valence-electron chi connectivity index (χ0n) is 11.0. The molecule has 20 heavy (non-hydrogen) atoms. The smallest absolute Gasteiger partial charge is 0.311 e. The third-order valence-corrected chi connectivity index (χ3v) is 2.85. The Bertz CT molecular complexity index is 632. The lowest BCUT2D eigenvalue weighted by atomic mass is 10.1. The van der Waals surface area contributed by atoms with E-state index >= 15 is 0 Å². The van der Waals surface area contributed by atoms with E-state index in [-0.39, 0.29) is 17.3 Å². The molecular weight excluding hydrogens is 261 g/mol. The number of benzene rings is 1. The van der Waals surface area contributed by atoms with Crippen LogP contribution in [0.2, 0.25) is 0 Å². The summed E-state index contributed by atoms with van der Waals surface area (Å²) in [6.07, 6.45) is 0.430. The van der Waals surface area contributed by atoms with Crippen LogP contribution in [0.5, 0.6) is 0 Å². The van der Waals surface area contributed by atoms with Gasteiger partial charge in [0.15, 0.2) is 0 Å². The van der Waals surface area contributed by atoms with Gasteiger partial charge >= 0.3 is 5.69 Å². The second kappa shape index (κ2) is 6.10. The van der Waals surface area contributed by atoms with Gasteiger partial charge in [-0.25, -0.2) is 9.37 Å². The molecule has 1 heterocycles. The Kier molecular flexibility index (Phi) is 4.24. The van der Waals surface area contributed by atoms with E-state index in [1.54, 1.807) is 31.2 Å². The van der Waals surface area contributed by atoms with Gasteiger partial charge in [0, 0.05) is 18.3 Å². The number of anilines is 1. The first-order chi connectivity index (χ1) is 9.58. The molecule has 1 aromatic heterocycles. The van der Waals surface area contributed by atoms with E-state index in [0.29, 0.717) is 24.2 Å². The van der Waals surface area contributed by atoms with Crippen LogP contribution in [0.4, 0.5) is 15.9 Å². The first-order valence-electron chi connectivity index (χ1n) is 6.17. The normalized spacial score (nSPS) is 10.3. The Morgan fingerprint density at radius 2 is 2.05 bits per heavy atom. The van der Waals surface area contributed by atoms with Crippen LogP contribution in [0.3, 0.4) is 0 Å². The van der Waals surface area contributed by atoms with Crippen molar-refractivity contribution >= 4 is 11.5 Å². The molecule has 1 N–H and O–H groups in total. The van der Waals surface area contributed by atoms with Crippen molar-refractivity contribution < 1.29 is 9.31 Å². The third kappa shape index (κ3) is 3.28. The minimum atomic E-state index is -0.488. The first-order valence-corrected chi connectivity index (χ1v) is 6.17. The predicted molar refractivity (Wildman–Crippen MR) is 74.2 cm³/mol. The molecule has 0 radical (unpaired) electrons. The van der Waals surface area contributed by atoms with Crippen molar-refractivity contribution in [3.05, 3.63) is 63.6 Å². The molecule has 1 aromatic carbocycles. The van der Waals surface area contributed by atoms with Crippen molar-refractivity contribution in [2.75, 3.05) is 11.9 Å². The summed E-state index contributed by atoms with van der Waals surface area (Å²) in [5, 5.41) is 13.8. The minimum absolute atomic E-state index is 0.0795. The van der Waals surface area contributed by atoms with E-state index in [4.69, 9.17) is 0 Å². The molecule has 0 saturated heterocycles. The number of nitro groups is 1. The van der Waals surface area contributed by atoms with Crippen molar-refractivity contribution in [3.8, 4) is 0 Å². The Balaban J connectivity index is 2.06. The standard InChI is InChI=1S/C14H14FN3O2/c1-10-6-7-13(18(19)20)14(17-10)16-9-8-11-4-2-3-5-12(11)15/h2-7H,8-9H2,1H3,(H,16,17). The van der Waals surface area contributed by atoms with E-state index in [9.17, 15) is 14.5 Å². The fourth-order valence-electron chi connectivity index (χ4n) is 1.84. The maximum Gasteiger partial charge on any atom is 0.311 e. The molecule has 0 saturated carbocycles. The van der Waals surface area contributed by atoms with Gasteiger partial charge in [-0.05, 0) is 31.0 Å². The molecule has 0 amide bonds. The summed E-state index contributed by atoms with van der Waals surface area (Å²) in [6, 6.07) is 9.46. The van der Waals surface area contributed by atoms with Gasteiger partial charge in [0.1, 0.15) is 5.82 Å². The van der Waals surface area contributed by atoms with Crippen LogP contribution in [0.15, 0.2) is 36.4 Å². The summed E-state index contributed by atoms with van der Waals surface area (Å²) in [6.45, 7) is 2.13. The third-order valence-electron chi connectivity index (χ3n) is 2.85. The van der Waals surface area contributed by atoms with Crippen LogP contribution in [-0.2, 0) is 6.42 Å². The maximum absolute atomic E-state index is 13.4. The number of hydrogen-bond acceptors (Lipinski definition) is 4. The van der Waals surface area contributed by atoms with E-state index in [1.165, 1.54) is 12.1 Å². The van der Waals surface area contributed by atoms with Gasteiger partial charge in [-0.1, -0.05) is 18.2 Å². The summed E-state index contributed by atoms with van der Waals surface area (Å²) in [5.74, 6) is -0.0626. The Morgan fingerprint density at radius 1 is 1.30 bits per heavy atom. The summed E-state index contributed by atoms with van der Waals surface area (Å²) >= 11 is 0. The van der Waals surface area contributed by atoms with Crippen LogP contribution in [0.1, 0.15) is 11.3 Å². The average molecular weight is 275 g/mol. The molecule has 0 atom stereocenters. The number of rotatable bonds is 5. The van der Waals surface area contributed by atoms with Crippen molar-refractivity contribution in [3.63, 3.8) is 0 Å². The van der Waals surface area contributed by atoms with Gasteiger partial charge < -0.3 is 5.32 Å². The van der Waals surface area contributed by atoms with Gasteiger partial charge in [-0.3, -0.25) is 10.1 Å². The van der Waals surface area contributed by atoms with Gasteiger partial charge in [0.05, 0.1) is 4.92 Å². The maximum atomic E-state index is 13.4. The SMILES string of the molecule is Cc1ccc([N+](=O)[O-])c(NCCc2ccccc2F)n1. The molecule has 0 aliphatic carbocycles. The molecule has 0 aliphatic heterocycles. The lowest BCUT2D eigenvalue weighted by molar-refractivity contribution is -0.384. The van der Waals surface area contributed by atoms with Crippen LogP contribution < -0.4 is 5.32 Å². The number of hydrogen-bond donors (Lipinski definition) is 1. The molecule has 5 nitrogen and oxygen atoms in total. The topological polar surface area (TPSA) is 68.1 Å². The number of aromatic nitrogens is 1. The van der Waals surface area contributed by atoms with Crippen LogP contribution in [0.25, 0.3) is 0 Å². The highest BCUT2D eigenvalue weighted by atomic mass is 19.1. The highest BCUT2D eigenvalue weighted by molar-refractivity contribution is 5.56. The monoisotopic (exact) mass is 275 g/mol. The van der Waals surface area contributed by atoms with E-state index < -0.39 is 4.92 Å². The molecule has 2 rings (SSSR count). The summed E-state index contributed by atoms with van der Waals surface area (Å²) in [7, 11) is 0. The summed E-state index contributed by atoms with van der Waals surface area (Å²) in [5.41, 5.74) is 1.17. The molecule has 0 fully saturated rings. The van der Waals surface area contributed by atoms with Crippen molar-refractivity contribution in [2.24, 2.45) is 0 Å². The quantitative estimate of drug-likeness (QED) is 0.672. The molecule has 2 aromatic rings. The van der Waals surface area contributed by atoms with Crippen molar-refractivity contribution in [1.29, 1.82) is 0 Å². The zero-order valence-corrected chi connectivity index (χ0v) is 11.0. The Labute approximate surface area is 115 Å². The van der Waals surface area contributed by atoms with Gasteiger partial charge in [-0.15, -0.1) is 0 Å². The summed E-state index contributed by atoms with van der Waals surface area (Å²) in [4.78, 5) is 14.5. The second-order valence-corrected chi connectivity index (χ2v) is 4.35. The summed E-state index contributed by atoms with van der Waals surface area (Å²) < 4.78 is 13.4. The zero-order chi connectivity index (χ0) is 14.5. The molecule has 0 aliphatic rings. The number of nitrogens with one attached hydrogen (secondary N) is 1. The number of pyridine rings is 1. The number of nitrogens with zero attached hydrogens (tertiary/aromatic N) is 2. The van der Waals surface area contributed by atoms with Gasteiger partial charge in [-0.2, -0.15) is 0 Å². The van der Waals surface area contributed by atoms with E-state index in [2.05, 4.69) is 10.3 Å². The lowest BCUT2D eigenvalue weighted by Gasteiger charge is -2.07. The molecule has 0 unspecified atom stereocenters. The molecule has 104 valence electrons. The Morgan fingerprint density at radius 3 is 2.75 bits per heavy atom. The van der Waals surface area contributed by atoms with Crippen LogP contribution in [-0.4, -0.2) is 16.5 Å². The number of halogens is 1. The average Bonchev–Trinajstić information content (AvgIpc) is 2.41. The van der Waals surface area contributed by atoms with Gasteiger partial charge in [0.2, 0.25) is 5.82 Å². The minimum Gasteiger partial charge on any atom is -0.364 e. The molecule has 0 bridgehead atoms. The number of aryl methyl sites for hydroxylation is 1. The van der Waals surface area contributed by atoms with E-state index in [0.717, 1.165) is 0 Å². The first kappa shape index (κ1) is 13.9. The fourth-order valence-corrected chi connectivity index (χ4v) is 1.84. The highest BCUT2D eigenvalue weighted by Gasteiger charge is 2.14. The lowest BCUT2D eigenvalue weighted by Crippen LogP contribution is -2.09. The predicted octanol–water partition coefficient (Wildman–Crippen LogP) is 3.09. The van der Waals surface area contributed by atoms with Gasteiger partial charge in [0.25, 0.3) is 0 Å². The molecule has 6 heteroatoms. The van der Waals surface area contributed by atoms with Crippen molar-refractivity contribution in [2.45, 2.75) is 13.3 Å². The second-order valence-electron chi connectivity index (χ2n) is 4.35.